The monoisotopic (exact) mass is 293 g/mol. The SMILES string of the molecule is CSCCC(C)N1C(=O)c2ccc(C(=O)O)cc2C1=O. The van der Waals surface area contributed by atoms with Crippen LogP contribution < -0.4 is 0 Å². The minimum atomic E-state index is -1.11. The molecule has 1 unspecified atom stereocenters. The summed E-state index contributed by atoms with van der Waals surface area (Å²) in [5, 5.41) is 8.95. The van der Waals surface area contributed by atoms with Crippen molar-refractivity contribution in [3.05, 3.63) is 34.9 Å². The van der Waals surface area contributed by atoms with Gasteiger partial charge in [-0.05, 0) is 43.6 Å². The van der Waals surface area contributed by atoms with E-state index in [1.54, 1.807) is 11.8 Å². The van der Waals surface area contributed by atoms with Crippen molar-refractivity contribution >= 4 is 29.5 Å². The van der Waals surface area contributed by atoms with Gasteiger partial charge in [-0.15, -0.1) is 0 Å². The zero-order valence-electron chi connectivity index (χ0n) is 11.3. The molecule has 1 aromatic rings. The summed E-state index contributed by atoms with van der Waals surface area (Å²) in [7, 11) is 0. The topological polar surface area (TPSA) is 74.7 Å². The van der Waals surface area contributed by atoms with Gasteiger partial charge in [0.1, 0.15) is 0 Å². The fourth-order valence-corrected chi connectivity index (χ4v) is 2.79. The zero-order valence-corrected chi connectivity index (χ0v) is 12.1. The number of amides is 2. The molecule has 0 radical (unpaired) electrons. The number of carboxylic acid groups (broad SMARTS) is 1. The average molecular weight is 293 g/mol. The number of hydrogen-bond donors (Lipinski definition) is 1. The molecule has 20 heavy (non-hydrogen) atoms. The molecular weight excluding hydrogens is 278 g/mol. The first-order valence-corrected chi connectivity index (χ1v) is 7.61. The minimum Gasteiger partial charge on any atom is -0.478 e. The summed E-state index contributed by atoms with van der Waals surface area (Å²) in [6.45, 7) is 1.83. The molecule has 0 fully saturated rings. The maximum Gasteiger partial charge on any atom is 0.335 e. The molecule has 1 N–H and O–H groups in total. The number of fused-ring (bicyclic) bond motifs is 1. The summed E-state index contributed by atoms with van der Waals surface area (Å²) < 4.78 is 0. The van der Waals surface area contributed by atoms with Gasteiger partial charge in [0.15, 0.2) is 0 Å². The Kier molecular flexibility index (Phi) is 4.13. The highest BCUT2D eigenvalue weighted by atomic mass is 32.2. The van der Waals surface area contributed by atoms with E-state index in [1.807, 2.05) is 13.2 Å². The summed E-state index contributed by atoms with van der Waals surface area (Å²) in [5.41, 5.74) is 0.491. The van der Waals surface area contributed by atoms with Crippen molar-refractivity contribution < 1.29 is 19.5 Å². The molecule has 1 aliphatic rings. The summed E-state index contributed by atoms with van der Waals surface area (Å²) >= 11 is 1.65. The van der Waals surface area contributed by atoms with Gasteiger partial charge in [0.05, 0.1) is 16.7 Å². The maximum atomic E-state index is 12.3. The molecule has 0 bridgehead atoms. The van der Waals surface area contributed by atoms with Gasteiger partial charge in [-0.3, -0.25) is 14.5 Å². The predicted molar refractivity (Wildman–Crippen MR) is 76.4 cm³/mol. The first-order valence-electron chi connectivity index (χ1n) is 6.21. The van der Waals surface area contributed by atoms with Crippen LogP contribution in [0.5, 0.6) is 0 Å². The summed E-state index contributed by atoms with van der Waals surface area (Å²) in [6, 6.07) is 3.85. The molecule has 2 rings (SSSR count). The third-order valence-corrected chi connectivity index (χ3v) is 3.99. The largest absolute Gasteiger partial charge is 0.478 e. The van der Waals surface area contributed by atoms with E-state index in [2.05, 4.69) is 0 Å². The average Bonchev–Trinajstić information content (AvgIpc) is 2.68. The van der Waals surface area contributed by atoms with Crippen LogP contribution in [0.1, 0.15) is 44.4 Å². The molecule has 0 spiro atoms. The zero-order chi connectivity index (χ0) is 14.9. The Morgan fingerprint density at radius 3 is 2.55 bits per heavy atom. The van der Waals surface area contributed by atoms with Crippen LogP contribution >= 0.6 is 11.8 Å². The quantitative estimate of drug-likeness (QED) is 0.842. The van der Waals surface area contributed by atoms with Crippen LogP contribution in [0.3, 0.4) is 0 Å². The lowest BCUT2D eigenvalue weighted by molar-refractivity contribution is 0.0593. The molecule has 1 aromatic carbocycles. The van der Waals surface area contributed by atoms with Gasteiger partial charge in [-0.1, -0.05) is 0 Å². The Morgan fingerprint density at radius 1 is 1.30 bits per heavy atom. The molecule has 6 heteroatoms. The number of imide groups is 1. The highest BCUT2D eigenvalue weighted by molar-refractivity contribution is 7.98. The van der Waals surface area contributed by atoms with Crippen LogP contribution in [0.25, 0.3) is 0 Å². The maximum absolute atomic E-state index is 12.3. The van der Waals surface area contributed by atoms with E-state index < -0.39 is 11.9 Å². The van der Waals surface area contributed by atoms with Crippen LogP contribution in [0.4, 0.5) is 0 Å². The highest BCUT2D eigenvalue weighted by Gasteiger charge is 2.38. The fraction of sp³-hybridized carbons (Fsp3) is 0.357. The molecule has 0 saturated carbocycles. The van der Waals surface area contributed by atoms with Crippen molar-refractivity contribution in [1.82, 2.24) is 4.90 Å². The van der Waals surface area contributed by atoms with Crippen molar-refractivity contribution in [2.75, 3.05) is 12.0 Å². The van der Waals surface area contributed by atoms with E-state index in [4.69, 9.17) is 5.11 Å². The molecule has 106 valence electrons. The summed E-state index contributed by atoms with van der Waals surface area (Å²) in [6.07, 6.45) is 2.69. The van der Waals surface area contributed by atoms with Crippen molar-refractivity contribution in [1.29, 1.82) is 0 Å². The standard InChI is InChI=1S/C14H15NO4S/c1-8(5-6-20-2)15-12(16)10-4-3-9(14(18)19)7-11(10)13(15)17/h3-4,7-8H,5-6H2,1-2H3,(H,18,19). The number of carboxylic acids is 1. The number of carbonyl (C=O) groups is 3. The predicted octanol–water partition coefficient (Wildman–Crippen LogP) is 2.12. The van der Waals surface area contributed by atoms with E-state index in [9.17, 15) is 14.4 Å². The molecule has 5 nitrogen and oxygen atoms in total. The lowest BCUT2D eigenvalue weighted by atomic mass is 10.1. The first-order chi connectivity index (χ1) is 9.47. The van der Waals surface area contributed by atoms with E-state index >= 15 is 0 Å². The molecule has 0 saturated heterocycles. The Morgan fingerprint density at radius 2 is 1.95 bits per heavy atom. The Labute approximate surface area is 121 Å². The third kappa shape index (κ3) is 2.43. The smallest absolute Gasteiger partial charge is 0.335 e. The van der Waals surface area contributed by atoms with Crippen LogP contribution in [0.2, 0.25) is 0 Å². The number of aromatic carboxylic acids is 1. The molecular formula is C14H15NO4S. The number of thioether (sulfide) groups is 1. The molecule has 2 amide bonds. The van der Waals surface area contributed by atoms with Crippen LogP contribution in [-0.2, 0) is 0 Å². The van der Waals surface area contributed by atoms with E-state index in [0.29, 0.717) is 0 Å². The lowest BCUT2D eigenvalue weighted by Crippen LogP contribution is -2.38. The summed E-state index contributed by atoms with van der Waals surface area (Å²) in [5.74, 6) is -0.992. The molecule has 1 atom stereocenters. The lowest BCUT2D eigenvalue weighted by Gasteiger charge is -2.21. The van der Waals surface area contributed by atoms with Crippen molar-refractivity contribution in [3.63, 3.8) is 0 Å². The van der Waals surface area contributed by atoms with Crippen molar-refractivity contribution in [2.45, 2.75) is 19.4 Å². The fourth-order valence-electron chi connectivity index (χ4n) is 2.21. The second-order valence-electron chi connectivity index (χ2n) is 4.68. The Bertz CT molecular complexity index is 585. The van der Waals surface area contributed by atoms with E-state index in [0.717, 1.165) is 12.2 Å². The van der Waals surface area contributed by atoms with Gasteiger partial charge in [0.2, 0.25) is 0 Å². The Balaban J connectivity index is 2.32. The van der Waals surface area contributed by atoms with Crippen LogP contribution in [0.15, 0.2) is 18.2 Å². The second kappa shape index (κ2) is 5.66. The van der Waals surface area contributed by atoms with Gasteiger partial charge in [0, 0.05) is 6.04 Å². The minimum absolute atomic E-state index is 0.0171. The normalized spacial score (nSPS) is 15.4. The van der Waals surface area contributed by atoms with Crippen LogP contribution in [-0.4, -0.2) is 45.8 Å². The third-order valence-electron chi connectivity index (χ3n) is 3.35. The number of nitrogens with zero attached hydrogens (tertiary/aromatic N) is 1. The molecule has 1 heterocycles. The van der Waals surface area contributed by atoms with E-state index in [-0.39, 0.29) is 28.6 Å². The van der Waals surface area contributed by atoms with Crippen molar-refractivity contribution in [2.24, 2.45) is 0 Å². The number of rotatable bonds is 5. The van der Waals surface area contributed by atoms with Gasteiger partial charge < -0.3 is 5.11 Å². The van der Waals surface area contributed by atoms with Crippen LogP contribution in [0, 0.1) is 0 Å². The van der Waals surface area contributed by atoms with Gasteiger partial charge in [-0.25, -0.2) is 4.79 Å². The second-order valence-corrected chi connectivity index (χ2v) is 5.66. The number of benzene rings is 1. The first kappa shape index (κ1) is 14.6. The summed E-state index contributed by atoms with van der Waals surface area (Å²) in [4.78, 5) is 36.7. The van der Waals surface area contributed by atoms with Crippen molar-refractivity contribution in [3.8, 4) is 0 Å². The Hall–Kier alpha value is -1.82. The number of carbonyl (C=O) groups excluding carboxylic acids is 2. The molecule has 1 aliphatic heterocycles. The molecule has 0 aliphatic carbocycles. The van der Waals surface area contributed by atoms with E-state index in [1.165, 1.54) is 23.1 Å². The van der Waals surface area contributed by atoms with Gasteiger partial charge >= 0.3 is 5.97 Å². The van der Waals surface area contributed by atoms with Gasteiger partial charge in [0.25, 0.3) is 11.8 Å². The highest BCUT2D eigenvalue weighted by Crippen LogP contribution is 2.27. The number of hydrogen-bond acceptors (Lipinski definition) is 4. The van der Waals surface area contributed by atoms with Gasteiger partial charge in [-0.2, -0.15) is 11.8 Å². The molecule has 0 aromatic heterocycles.